The fourth-order valence-corrected chi connectivity index (χ4v) is 3.08. The molecule has 3 rings (SSSR count). The van der Waals surface area contributed by atoms with Crippen molar-refractivity contribution in [3.05, 3.63) is 65.2 Å². The molecule has 3 nitrogen and oxygen atoms in total. The Hall–Kier alpha value is -2.39. The van der Waals surface area contributed by atoms with Gasteiger partial charge in [0.25, 0.3) is 0 Å². The maximum Gasteiger partial charge on any atom is 0.118 e. The predicted molar refractivity (Wildman–Crippen MR) is 111 cm³/mol. The Balaban J connectivity index is 0.00000117. The number of allylic oxidation sites excluding steroid dienone is 1. The van der Waals surface area contributed by atoms with Crippen LogP contribution in [0.3, 0.4) is 0 Å². The summed E-state index contributed by atoms with van der Waals surface area (Å²) in [6.45, 7) is 4.84. The highest BCUT2D eigenvalue weighted by atomic mass is 16.6. The molecule has 1 aliphatic carbocycles. The number of fused-ring (bicyclic) bond motifs is 3. The van der Waals surface area contributed by atoms with E-state index in [0.717, 1.165) is 42.7 Å². The van der Waals surface area contributed by atoms with E-state index in [9.17, 15) is 0 Å². The monoisotopic (exact) mass is 351 g/mol. The van der Waals surface area contributed by atoms with Crippen LogP contribution in [0.5, 0.6) is 0 Å². The third-order valence-electron chi connectivity index (χ3n) is 4.23. The van der Waals surface area contributed by atoms with Crippen molar-refractivity contribution >= 4 is 11.8 Å². The quantitative estimate of drug-likeness (QED) is 0.390. The van der Waals surface area contributed by atoms with Gasteiger partial charge in [0.1, 0.15) is 12.8 Å². The van der Waals surface area contributed by atoms with Crippen LogP contribution < -0.4 is 0 Å². The fourth-order valence-electron chi connectivity index (χ4n) is 3.08. The standard InChI is InChI=1S/C21H23NO2.C2H6/c1-23-14-8-4-3-5-9-16-12-13-18-17-10-6-7-11-19(17)21(22-24-2)20(18)15-16;1-2/h5-7,9-13,15H,3-4,8,14H2,1-2H3;1-2H3/b9-5+,22-21+;. The second-order valence-electron chi connectivity index (χ2n) is 5.86. The summed E-state index contributed by atoms with van der Waals surface area (Å²) in [6.07, 6.45) is 7.73. The van der Waals surface area contributed by atoms with Gasteiger partial charge in [-0.3, -0.25) is 0 Å². The Bertz CT molecular complexity index is 763. The van der Waals surface area contributed by atoms with E-state index in [-0.39, 0.29) is 0 Å². The molecule has 0 saturated heterocycles. The van der Waals surface area contributed by atoms with Crippen LogP contribution in [0.2, 0.25) is 0 Å². The maximum atomic E-state index is 5.07. The summed E-state index contributed by atoms with van der Waals surface area (Å²) in [5, 5.41) is 4.26. The zero-order valence-electron chi connectivity index (χ0n) is 16.3. The Morgan fingerprint density at radius 1 is 0.885 bits per heavy atom. The molecule has 0 unspecified atom stereocenters. The van der Waals surface area contributed by atoms with E-state index in [2.05, 4.69) is 53.7 Å². The SMILES string of the molecule is CC.COCCCC/C=C/c1ccc2c(c1)/C(=N/OC)c1ccccc1-2. The average Bonchev–Trinajstić information content (AvgIpc) is 3.00. The van der Waals surface area contributed by atoms with Crippen LogP contribution in [-0.4, -0.2) is 26.5 Å². The van der Waals surface area contributed by atoms with Crippen molar-refractivity contribution in [1.82, 2.24) is 0 Å². The van der Waals surface area contributed by atoms with Gasteiger partial charge in [0.15, 0.2) is 0 Å². The van der Waals surface area contributed by atoms with Crippen molar-refractivity contribution in [2.45, 2.75) is 33.1 Å². The number of rotatable bonds is 7. The molecule has 0 bridgehead atoms. The number of benzene rings is 2. The van der Waals surface area contributed by atoms with E-state index in [1.54, 1.807) is 14.2 Å². The van der Waals surface area contributed by atoms with Crippen LogP contribution in [0.15, 0.2) is 53.7 Å². The first kappa shape index (κ1) is 19.9. The van der Waals surface area contributed by atoms with Crippen molar-refractivity contribution in [2.75, 3.05) is 20.8 Å². The number of ether oxygens (including phenoxy) is 1. The molecular formula is C23H29NO2. The van der Waals surface area contributed by atoms with E-state index < -0.39 is 0 Å². The Morgan fingerprint density at radius 3 is 2.35 bits per heavy atom. The average molecular weight is 351 g/mol. The summed E-state index contributed by atoms with van der Waals surface area (Å²) in [6, 6.07) is 14.9. The molecule has 0 heterocycles. The van der Waals surface area contributed by atoms with E-state index >= 15 is 0 Å². The van der Waals surface area contributed by atoms with Gasteiger partial charge in [0.2, 0.25) is 0 Å². The molecule has 0 aromatic heterocycles. The van der Waals surface area contributed by atoms with Gasteiger partial charge in [0.05, 0.1) is 0 Å². The summed E-state index contributed by atoms with van der Waals surface area (Å²) < 4.78 is 5.07. The molecule has 1 aliphatic rings. The van der Waals surface area contributed by atoms with Crippen molar-refractivity contribution in [1.29, 1.82) is 0 Å². The zero-order chi connectivity index (χ0) is 18.8. The van der Waals surface area contributed by atoms with Crippen LogP contribution >= 0.6 is 0 Å². The van der Waals surface area contributed by atoms with E-state index in [1.165, 1.54) is 16.7 Å². The molecule has 0 radical (unpaired) electrons. The second-order valence-corrected chi connectivity index (χ2v) is 5.86. The summed E-state index contributed by atoms with van der Waals surface area (Å²) in [7, 11) is 3.34. The van der Waals surface area contributed by atoms with Crippen LogP contribution in [0.25, 0.3) is 17.2 Å². The number of oxime groups is 1. The maximum absolute atomic E-state index is 5.07. The Kier molecular flexibility index (Phi) is 8.10. The van der Waals surface area contributed by atoms with Gasteiger partial charge < -0.3 is 9.57 Å². The smallest absolute Gasteiger partial charge is 0.118 e. The number of unbranched alkanes of at least 4 members (excludes halogenated alkanes) is 2. The second kappa shape index (κ2) is 10.6. The summed E-state index contributed by atoms with van der Waals surface area (Å²) in [4.78, 5) is 5.07. The summed E-state index contributed by atoms with van der Waals surface area (Å²) in [5.41, 5.74) is 6.82. The fraction of sp³-hybridized carbons (Fsp3) is 0.348. The highest BCUT2D eigenvalue weighted by Crippen LogP contribution is 2.37. The van der Waals surface area contributed by atoms with Gasteiger partial charge in [-0.25, -0.2) is 0 Å². The molecule has 0 amide bonds. The number of methoxy groups -OCH3 is 1. The van der Waals surface area contributed by atoms with E-state index in [0.29, 0.717) is 0 Å². The molecule has 0 atom stereocenters. The molecule has 26 heavy (non-hydrogen) atoms. The lowest BCUT2D eigenvalue weighted by Gasteiger charge is -2.03. The summed E-state index contributed by atoms with van der Waals surface area (Å²) in [5.74, 6) is 0. The summed E-state index contributed by atoms with van der Waals surface area (Å²) >= 11 is 0. The first-order valence-corrected chi connectivity index (χ1v) is 9.36. The predicted octanol–water partition coefficient (Wildman–Crippen LogP) is 5.92. The lowest BCUT2D eigenvalue weighted by Crippen LogP contribution is -1.99. The van der Waals surface area contributed by atoms with Crippen molar-refractivity contribution in [2.24, 2.45) is 5.16 Å². The molecule has 0 saturated carbocycles. The first-order chi connectivity index (χ1) is 12.8. The van der Waals surface area contributed by atoms with Crippen molar-refractivity contribution in [3.8, 4) is 11.1 Å². The molecule has 0 N–H and O–H groups in total. The van der Waals surface area contributed by atoms with E-state index in [1.807, 2.05) is 19.9 Å². The van der Waals surface area contributed by atoms with Gasteiger partial charge in [0, 0.05) is 24.8 Å². The molecular weight excluding hydrogens is 322 g/mol. The topological polar surface area (TPSA) is 30.8 Å². The lowest BCUT2D eigenvalue weighted by atomic mass is 10.0. The molecule has 0 aliphatic heterocycles. The third kappa shape index (κ3) is 4.61. The largest absolute Gasteiger partial charge is 0.399 e. The van der Waals surface area contributed by atoms with Gasteiger partial charge in [-0.05, 0) is 42.0 Å². The van der Waals surface area contributed by atoms with Crippen LogP contribution in [0.4, 0.5) is 0 Å². The zero-order valence-corrected chi connectivity index (χ0v) is 16.3. The highest BCUT2D eigenvalue weighted by molar-refractivity contribution is 6.24. The van der Waals surface area contributed by atoms with Crippen LogP contribution in [0, 0.1) is 0 Å². The van der Waals surface area contributed by atoms with Gasteiger partial charge in [-0.1, -0.05) is 67.6 Å². The number of hydrogen-bond acceptors (Lipinski definition) is 3. The van der Waals surface area contributed by atoms with E-state index in [4.69, 9.17) is 9.57 Å². The minimum absolute atomic E-state index is 0.835. The molecule has 138 valence electrons. The van der Waals surface area contributed by atoms with Crippen LogP contribution in [-0.2, 0) is 9.57 Å². The van der Waals surface area contributed by atoms with Crippen molar-refractivity contribution < 1.29 is 9.57 Å². The normalized spacial score (nSPS) is 13.3. The Morgan fingerprint density at radius 2 is 1.62 bits per heavy atom. The minimum atomic E-state index is 0.835. The number of nitrogens with zero attached hydrogens (tertiary/aromatic N) is 1. The van der Waals surface area contributed by atoms with Crippen LogP contribution in [0.1, 0.15) is 49.8 Å². The van der Waals surface area contributed by atoms with Crippen molar-refractivity contribution in [3.63, 3.8) is 0 Å². The first-order valence-electron chi connectivity index (χ1n) is 9.36. The lowest BCUT2D eigenvalue weighted by molar-refractivity contribution is 0.193. The molecule has 2 aromatic carbocycles. The minimum Gasteiger partial charge on any atom is -0.399 e. The third-order valence-corrected chi connectivity index (χ3v) is 4.23. The van der Waals surface area contributed by atoms with Gasteiger partial charge >= 0.3 is 0 Å². The molecule has 0 fully saturated rings. The highest BCUT2D eigenvalue weighted by Gasteiger charge is 2.25. The van der Waals surface area contributed by atoms with Gasteiger partial charge in [-0.15, -0.1) is 0 Å². The van der Waals surface area contributed by atoms with Gasteiger partial charge in [-0.2, -0.15) is 0 Å². The number of hydrogen-bond donors (Lipinski definition) is 0. The molecule has 0 spiro atoms. The Labute approximate surface area is 157 Å². The molecule has 3 heteroatoms. The molecule has 2 aromatic rings.